The number of methoxy groups -OCH3 is 3. The lowest BCUT2D eigenvalue weighted by molar-refractivity contribution is -0.140. The summed E-state index contributed by atoms with van der Waals surface area (Å²) in [7, 11) is 3.66. The van der Waals surface area contributed by atoms with Crippen LogP contribution in [0.5, 0.6) is 23.0 Å². The Balaban J connectivity index is 1.92. The van der Waals surface area contributed by atoms with Gasteiger partial charge in [0.15, 0.2) is 0 Å². The fourth-order valence-corrected chi connectivity index (χ4v) is 11.5. The van der Waals surface area contributed by atoms with Crippen LogP contribution in [0.4, 0.5) is 0 Å². The molecule has 4 aromatic carbocycles. The number of benzene rings is 4. The molecule has 0 saturated heterocycles. The highest BCUT2D eigenvalue weighted by molar-refractivity contribution is 5.92. The normalized spacial score (nSPS) is 11.9. The Morgan fingerprint density at radius 2 is 0.510 bits per heavy atom. The van der Waals surface area contributed by atoms with Crippen molar-refractivity contribution in [2.45, 2.75) is 182 Å². The molecule has 522 valence electrons. The summed E-state index contributed by atoms with van der Waals surface area (Å²) in [6.07, 6.45) is 27.9. The predicted octanol–water partition coefficient (Wildman–Crippen LogP) is 13.9. The zero-order chi connectivity index (χ0) is 69.3. The molecule has 0 heterocycles. The van der Waals surface area contributed by atoms with Crippen molar-refractivity contribution in [1.82, 2.24) is 0 Å². The molecule has 0 N–H and O–H groups in total. The third-order valence-electron chi connectivity index (χ3n) is 16.1. The molecule has 18 heteroatoms. The maximum Gasteiger partial charge on any atom is 0.331 e. The fraction of sp³-hybridized carbons (Fsp3) is 0.500. The number of aryl methyl sites for hydroxylation is 4. The van der Waals surface area contributed by atoms with Crippen LogP contribution in [0.15, 0.2) is 97.6 Å². The molecule has 1 aliphatic carbocycles. The molecular weight excluding hydrogens is 1220 g/mol. The standard InChI is InChI=1S/C78H102O18/c1-9-14-18-22-26-56-44-60-52-62-46-57(27-23-19-15-10-2)48-64(76(62)94-41-37-90-72(83)33-30-69(80)86-6)54-66-50-59(29-25-21-17-12-4)51-67(78(66)96-43-39-92-74(85)35-32-71(82)88-8)55-65-49-58(28-24-20-16-11-3)47-63(53-61(45-56)75(60)93-40-36-89-68(79)13-5)77(65)95-42-38-91-73(84)34-31-70(81)87-7/h13,30-35,44-51H,5,9-12,14-29,36-43,52-55H2,1-4,6-8H3/b33-30-,34-31-,35-32-. The van der Waals surface area contributed by atoms with E-state index in [1.807, 2.05) is 0 Å². The van der Waals surface area contributed by atoms with Gasteiger partial charge in [0, 0.05) is 68.2 Å². The first-order chi connectivity index (χ1) is 46.6. The van der Waals surface area contributed by atoms with Crippen LogP contribution < -0.4 is 18.9 Å². The molecule has 0 radical (unpaired) electrons. The second kappa shape index (κ2) is 44.9. The minimum Gasteiger partial charge on any atom is -0.489 e. The van der Waals surface area contributed by atoms with Gasteiger partial charge in [0.05, 0.1) is 21.3 Å². The molecule has 0 aliphatic heterocycles. The SMILES string of the molecule is C=CC(=O)OCCOc1c2cc(CCCCCC)cc1Cc1cc(CCCCCC)cc(c1OCCOC(=O)/C=C\C(=O)OC)Cc1cc(CCCCCC)cc(c1OCCOC(=O)/C=C\C(=O)OC)Cc1cc(CCCCCC)cc(c1OCCOC(=O)/C=C\C(=O)OC)C2. The average Bonchev–Trinajstić information content (AvgIpc) is 0.778. The van der Waals surface area contributed by atoms with Crippen LogP contribution in [0, 0.1) is 0 Å². The summed E-state index contributed by atoms with van der Waals surface area (Å²) in [4.78, 5) is 87.2. The van der Waals surface area contributed by atoms with E-state index in [0.29, 0.717) is 48.7 Å². The molecule has 0 spiro atoms. The summed E-state index contributed by atoms with van der Waals surface area (Å²) >= 11 is 0. The van der Waals surface area contributed by atoms with E-state index in [4.69, 9.17) is 52.1 Å². The quantitative estimate of drug-likeness (QED) is 0.0153. The van der Waals surface area contributed by atoms with Crippen molar-refractivity contribution < 1.29 is 85.7 Å². The van der Waals surface area contributed by atoms with Crippen molar-refractivity contribution in [1.29, 1.82) is 0 Å². The molecule has 0 aromatic heterocycles. The topological polar surface area (TPSA) is 221 Å². The van der Waals surface area contributed by atoms with Gasteiger partial charge in [-0.05, 0) is 118 Å². The van der Waals surface area contributed by atoms with Crippen LogP contribution in [0.25, 0.3) is 0 Å². The maximum absolute atomic E-state index is 13.0. The Labute approximate surface area is 568 Å². The Bertz CT molecular complexity index is 3100. The molecule has 0 fully saturated rings. The third kappa shape index (κ3) is 28.3. The van der Waals surface area contributed by atoms with Crippen molar-refractivity contribution in [2.24, 2.45) is 0 Å². The minimum absolute atomic E-state index is 0.0146. The summed E-state index contributed by atoms with van der Waals surface area (Å²) in [6, 6.07) is 17.6. The highest BCUT2D eigenvalue weighted by atomic mass is 16.6. The van der Waals surface area contributed by atoms with Crippen molar-refractivity contribution in [2.75, 3.05) is 74.2 Å². The van der Waals surface area contributed by atoms with Gasteiger partial charge in [0.2, 0.25) is 0 Å². The highest BCUT2D eigenvalue weighted by Crippen LogP contribution is 2.42. The number of carbonyl (C=O) groups is 7. The summed E-state index contributed by atoms with van der Waals surface area (Å²) in [5, 5.41) is 0. The Hall–Kier alpha value is -8.67. The number of esters is 7. The Morgan fingerprint density at radius 1 is 0.302 bits per heavy atom. The van der Waals surface area contributed by atoms with Gasteiger partial charge in [-0.15, -0.1) is 0 Å². The number of ether oxygens (including phenoxy) is 11. The van der Waals surface area contributed by atoms with Crippen LogP contribution >= 0.6 is 0 Å². The lowest BCUT2D eigenvalue weighted by Gasteiger charge is -2.25. The lowest BCUT2D eigenvalue weighted by atomic mass is 9.87. The molecule has 4 aromatic rings. The van der Waals surface area contributed by atoms with Crippen LogP contribution in [-0.2, 0) is 118 Å². The zero-order valence-electron chi connectivity index (χ0n) is 57.8. The molecule has 0 saturated carbocycles. The number of hydrogen-bond acceptors (Lipinski definition) is 18. The van der Waals surface area contributed by atoms with Gasteiger partial charge in [-0.1, -0.05) is 160 Å². The van der Waals surface area contributed by atoms with Gasteiger partial charge in [0.1, 0.15) is 75.9 Å². The minimum atomic E-state index is -0.753. The summed E-state index contributed by atoms with van der Waals surface area (Å²) in [5.41, 5.74) is 11.1. The molecule has 96 heavy (non-hydrogen) atoms. The Morgan fingerprint density at radius 3 is 0.708 bits per heavy atom. The van der Waals surface area contributed by atoms with Crippen LogP contribution in [-0.4, -0.2) is 116 Å². The van der Waals surface area contributed by atoms with Gasteiger partial charge in [-0.3, -0.25) is 0 Å². The van der Waals surface area contributed by atoms with Crippen LogP contribution in [0.1, 0.15) is 197 Å². The molecule has 18 nitrogen and oxygen atoms in total. The molecule has 8 bridgehead atoms. The lowest BCUT2D eigenvalue weighted by Crippen LogP contribution is -2.16. The first-order valence-electron chi connectivity index (χ1n) is 34.3. The van der Waals surface area contributed by atoms with Gasteiger partial charge >= 0.3 is 41.8 Å². The molecule has 0 amide bonds. The van der Waals surface area contributed by atoms with E-state index in [0.717, 1.165) is 238 Å². The number of hydrogen-bond donors (Lipinski definition) is 0. The number of rotatable bonds is 43. The maximum atomic E-state index is 13.0. The number of fused-ring (bicyclic) bond motifs is 8. The van der Waals surface area contributed by atoms with Crippen molar-refractivity contribution in [3.05, 3.63) is 164 Å². The van der Waals surface area contributed by atoms with Crippen molar-refractivity contribution >= 4 is 41.8 Å². The average molecular weight is 1330 g/mol. The van der Waals surface area contributed by atoms with E-state index in [9.17, 15) is 33.6 Å². The molecule has 1 aliphatic rings. The molecule has 5 rings (SSSR count). The van der Waals surface area contributed by atoms with E-state index in [1.54, 1.807) is 0 Å². The van der Waals surface area contributed by atoms with Crippen molar-refractivity contribution in [3.63, 3.8) is 0 Å². The molecule has 0 unspecified atom stereocenters. The second-order valence-corrected chi connectivity index (χ2v) is 23.8. The highest BCUT2D eigenvalue weighted by Gasteiger charge is 2.26. The van der Waals surface area contributed by atoms with Gasteiger partial charge in [0.25, 0.3) is 0 Å². The summed E-state index contributed by atoms with van der Waals surface area (Å²) < 4.78 is 64.3. The van der Waals surface area contributed by atoms with E-state index in [1.165, 1.54) is 21.3 Å². The van der Waals surface area contributed by atoms with Crippen LogP contribution in [0.2, 0.25) is 0 Å². The zero-order valence-corrected chi connectivity index (χ0v) is 57.8. The Kier molecular flexibility index (Phi) is 36.5. The molecular formula is C78H102O18. The fourth-order valence-electron chi connectivity index (χ4n) is 11.5. The molecule has 0 atom stereocenters. The van der Waals surface area contributed by atoms with Gasteiger partial charge in [-0.2, -0.15) is 0 Å². The first kappa shape index (κ1) is 78.0. The first-order valence-corrected chi connectivity index (χ1v) is 34.3. The number of carbonyl (C=O) groups excluding carboxylic acids is 7. The monoisotopic (exact) mass is 1330 g/mol. The summed E-state index contributed by atoms with van der Waals surface area (Å²) in [6.45, 7) is 11.6. The smallest absolute Gasteiger partial charge is 0.331 e. The van der Waals surface area contributed by atoms with E-state index in [-0.39, 0.29) is 52.9 Å². The number of unbranched alkanes of at least 4 members (excludes halogenated alkanes) is 12. The van der Waals surface area contributed by atoms with Gasteiger partial charge < -0.3 is 52.1 Å². The second-order valence-electron chi connectivity index (χ2n) is 23.8. The van der Waals surface area contributed by atoms with Crippen molar-refractivity contribution in [3.8, 4) is 23.0 Å². The predicted molar refractivity (Wildman–Crippen MR) is 368 cm³/mol. The van der Waals surface area contributed by atoms with Crippen LogP contribution in [0.3, 0.4) is 0 Å². The third-order valence-corrected chi connectivity index (χ3v) is 16.1. The van der Waals surface area contributed by atoms with E-state index >= 15 is 0 Å². The summed E-state index contributed by atoms with van der Waals surface area (Å²) in [5.74, 6) is -2.63. The largest absolute Gasteiger partial charge is 0.489 e. The van der Waals surface area contributed by atoms with E-state index in [2.05, 4.69) is 82.8 Å². The van der Waals surface area contributed by atoms with Gasteiger partial charge in [-0.25, -0.2) is 33.6 Å². The van der Waals surface area contributed by atoms with E-state index < -0.39 is 41.8 Å².